The minimum Gasteiger partial charge on any atom is -0.351 e. The Balaban J connectivity index is 2.80. The highest BCUT2D eigenvalue weighted by molar-refractivity contribution is 5.62. The topological polar surface area (TPSA) is 4.93 Å². The number of hydrogen-bond acceptors (Lipinski definition) is 0. The molecule has 0 spiro atoms. The molecule has 1 aromatic rings. The first kappa shape index (κ1) is 10.1. The van der Waals surface area contributed by atoms with E-state index in [1.165, 1.54) is 17.6 Å². The van der Waals surface area contributed by atoms with Crippen LogP contribution in [0.5, 0.6) is 0 Å². The van der Waals surface area contributed by atoms with E-state index in [1.807, 2.05) is 0 Å². The molecule has 0 N–H and O–H groups in total. The van der Waals surface area contributed by atoms with Crippen LogP contribution in [0.1, 0.15) is 45.2 Å². The maximum absolute atomic E-state index is 4.03. The molecule has 1 nitrogen and oxygen atoms in total. The lowest BCUT2D eigenvalue weighted by Crippen LogP contribution is -1.99. The Bertz CT molecular complexity index is 283. The maximum atomic E-state index is 4.03. The molecule has 0 aliphatic heterocycles. The molecule has 0 saturated heterocycles. The number of rotatable bonds is 4. The third-order valence-corrected chi connectivity index (χ3v) is 2.65. The lowest BCUT2D eigenvalue weighted by Gasteiger charge is -2.09. The van der Waals surface area contributed by atoms with Crippen LogP contribution in [0.3, 0.4) is 0 Å². The number of hydrogen-bond donors (Lipinski definition) is 0. The summed E-state index contributed by atoms with van der Waals surface area (Å²) in [5.41, 5.74) is 2.50. The van der Waals surface area contributed by atoms with E-state index in [9.17, 15) is 0 Å². The van der Waals surface area contributed by atoms with E-state index in [4.69, 9.17) is 0 Å². The van der Waals surface area contributed by atoms with Gasteiger partial charge < -0.3 is 4.57 Å². The SMILES string of the molecule is C=C(CC)c1ccn(C(C)CC)c1. The van der Waals surface area contributed by atoms with E-state index in [0.29, 0.717) is 6.04 Å². The van der Waals surface area contributed by atoms with Gasteiger partial charge in [0.25, 0.3) is 0 Å². The number of nitrogens with zero attached hydrogens (tertiary/aromatic N) is 1. The molecule has 0 bridgehead atoms. The Kier molecular flexibility index (Phi) is 3.35. The molecule has 0 fully saturated rings. The van der Waals surface area contributed by atoms with Crippen molar-refractivity contribution in [1.29, 1.82) is 0 Å². The molecule has 0 aromatic carbocycles. The zero-order valence-corrected chi connectivity index (χ0v) is 8.88. The van der Waals surface area contributed by atoms with Crippen molar-refractivity contribution in [2.24, 2.45) is 0 Å². The van der Waals surface area contributed by atoms with Crippen LogP contribution in [-0.4, -0.2) is 4.57 Å². The Hall–Kier alpha value is -0.980. The van der Waals surface area contributed by atoms with Gasteiger partial charge in [-0.05, 0) is 37.0 Å². The van der Waals surface area contributed by atoms with E-state index in [-0.39, 0.29) is 0 Å². The summed E-state index contributed by atoms with van der Waals surface area (Å²) in [7, 11) is 0. The zero-order chi connectivity index (χ0) is 9.84. The van der Waals surface area contributed by atoms with Gasteiger partial charge in [0.1, 0.15) is 0 Å². The molecule has 1 atom stereocenters. The van der Waals surface area contributed by atoms with Gasteiger partial charge in [-0.3, -0.25) is 0 Å². The highest BCUT2D eigenvalue weighted by Crippen LogP contribution is 2.19. The van der Waals surface area contributed by atoms with Crippen LogP contribution in [0.2, 0.25) is 0 Å². The van der Waals surface area contributed by atoms with Gasteiger partial charge in [0.05, 0.1) is 0 Å². The van der Waals surface area contributed by atoms with Crippen molar-refractivity contribution < 1.29 is 0 Å². The van der Waals surface area contributed by atoms with Gasteiger partial charge in [-0.2, -0.15) is 0 Å². The molecule has 1 heteroatoms. The first-order valence-corrected chi connectivity index (χ1v) is 5.04. The molecular weight excluding hydrogens is 158 g/mol. The molecule has 0 radical (unpaired) electrons. The van der Waals surface area contributed by atoms with Crippen molar-refractivity contribution in [2.75, 3.05) is 0 Å². The second kappa shape index (κ2) is 4.31. The van der Waals surface area contributed by atoms with Crippen LogP contribution in [0.4, 0.5) is 0 Å². The summed E-state index contributed by atoms with van der Waals surface area (Å²) < 4.78 is 2.26. The molecule has 0 aliphatic rings. The van der Waals surface area contributed by atoms with Crippen molar-refractivity contribution in [1.82, 2.24) is 4.57 Å². The standard InChI is InChI=1S/C12H19N/c1-5-10(3)12-7-8-13(9-12)11(4)6-2/h7-9,11H,3,5-6H2,1-2,4H3. The number of aromatic nitrogens is 1. The molecule has 0 saturated carbocycles. The van der Waals surface area contributed by atoms with E-state index >= 15 is 0 Å². The lowest BCUT2D eigenvalue weighted by atomic mass is 10.1. The average Bonchev–Trinajstić information content (AvgIpc) is 2.64. The van der Waals surface area contributed by atoms with Crippen molar-refractivity contribution in [3.05, 3.63) is 30.6 Å². The minimum absolute atomic E-state index is 0.596. The summed E-state index contributed by atoms with van der Waals surface area (Å²) in [4.78, 5) is 0. The van der Waals surface area contributed by atoms with Gasteiger partial charge in [-0.1, -0.05) is 20.4 Å². The van der Waals surface area contributed by atoms with Crippen molar-refractivity contribution >= 4 is 5.57 Å². The summed E-state index contributed by atoms with van der Waals surface area (Å²) >= 11 is 0. The summed E-state index contributed by atoms with van der Waals surface area (Å²) in [5.74, 6) is 0. The molecule has 1 heterocycles. The Morgan fingerprint density at radius 2 is 2.23 bits per heavy atom. The maximum Gasteiger partial charge on any atom is 0.0300 e. The molecule has 1 rings (SSSR count). The molecule has 0 amide bonds. The fourth-order valence-electron chi connectivity index (χ4n) is 1.31. The van der Waals surface area contributed by atoms with E-state index in [0.717, 1.165) is 6.42 Å². The largest absolute Gasteiger partial charge is 0.351 e. The first-order chi connectivity index (χ1) is 6.19. The quantitative estimate of drug-likeness (QED) is 0.657. The van der Waals surface area contributed by atoms with Gasteiger partial charge in [0.15, 0.2) is 0 Å². The third kappa shape index (κ3) is 2.24. The van der Waals surface area contributed by atoms with E-state index in [1.54, 1.807) is 0 Å². The monoisotopic (exact) mass is 177 g/mol. The van der Waals surface area contributed by atoms with Gasteiger partial charge in [0.2, 0.25) is 0 Å². The molecule has 72 valence electrons. The smallest absolute Gasteiger partial charge is 0.0300 e. The lowest BCUT2D eigenvalue weighted by molar-refractivity contribution is 0.533. The van der Waals surface area contributed by atoms with Gasteiger partial charge in [0, 0.05) is 18.4 Å². The summed E-state index contributed by atoms with van der Waals surface area (Å²) in [6.07, 6.45) is 6.54. The third-order valence-electron chi connectivity index (χ3n) is 2.65. The molecule has 13 heavy (non-hydrogen) atoms. The van der Waals surface area contributed by atoms with Gasteiger partial charge in [-0.25, -0.2) is 0 Å². The van der Waals surface area contributed by atoms with Crippen LogP contribution in [-0.2, 0) is 0 Å². The second-order valence-corrected chi connectivity index (χ2v) is 3.56. The normalized spacial score (nSPS) is 12.8. The predicted octanol–water partition coefficient (Wildman–Crippen LogP) is 3.88. The highest BCUT2D eigenvalue weighted by atomic mass is 15.0. The fraction of sp³-hybridized carbons (Fsp3) is 0.500. The molecule has 1 unspecified atom stereocenters. The minimum atomic E-state index is 0.596. The van der Waals surface area contributed by atoms with Crippen LogP contribution >= 0.6 is 0 Å². The average molecular weight is 177 g/mol. The summed E-state index contributed by atoms with van der Waals surface area (Å²) in [5, 5.41) is 0. The van der Waals surface area contributed by atoms with Gasteiger partial charge in [-0.15, -0.1) is 0 Å². The fourth-order valence-corrected chi connectivity index (χ4v) is 1.31. The zero-order valence-electron chi connectivity index (χ0n) is 8.88. The predicted molar refractivity (Wildman–Crippen MR) is 58.8 cm³/mol. The van der Waals surface area contributed by atoms with Crippen LogP contribution < -0.4 is 0 Å². The van der Waals surface area contributed by atoms with Crippen LogP contribution in [0, 0.1) is 0 Å². The van der Waals surface area contributed by atoms with Crippen LogP contribution in [0.15, 0.2) is 25.0 Å². The van der Waals surface area contributed by atoms with E-state index < -0.39 is 0 Å². The van der Waals surface area contributed by atoms with E-state index in [2.05, 4.69) is 50.4 Å². The van der Waals surface area contributed by atoms with Crippen LogP contribution in [0.25, 0.3) is 5.57 Å². The first-order valence-electron chi connectivity index (χ1n) is 5.04. The Morgan fingerprint density at radius 3 is 2.77 bits per heavy atom. The van der Waals surface area contributed by atoms with Crippen molar-refractivity contribution in [2.45, 2.75) is 39.7 Å². The molecular formula is C12H19N. The van der Waals surface area contributed by atoms with Crippen molar-refractivity contribution in [3.8, 4) is 0 Å². The second-order valence-electron chi connectivity index (χ2n) is 3.56. The van der Waals surface area contributed by atoms with Crippen molar-refractivity contribution in [3.63, 3.8) is 0 Å². The molecule has 1 aromatic heterocycles. The summed E-state index contributed by atoms with van der Waals surface area (Å²) in [6.45, 7) is 10.6. The summed E-state index contributed by atoms with van der Waals surface area (Å²) in [6, 6.07) is 2.75. The molecule has 0 aliphatic carbocycles. The number of allylic oxidation sites excluding steroid dienone is 1. The Labute approximate surface area is 81.1 Å². The Morgan fingerprint density at radius 1 is 1.54 bits per heavy atom. The van der Waals surface area contributed by atoms with Gasteiger partial charge >= 0.3 is 0 Å². The highest BCUT2D eigenvalue weighted by Gasteiger charge is 2.03.